The molecule has 0 saturated heterocycles. The zero-order chi connectivity index (χ0) is 14.8. The Morgan fingerprint density at radius 2 is 2.14 bits per heavy atom. The number of carboxylic acids is 1. The van der Waals surface area contributed by atoms with Gasteiger partial charge in [-0.2, -0.15) is 0 Å². The molecule has 3 aromatic rings. The molecule has 1 atom stereocenters. The molecule has 0 unspecified atom stereocenters. The number of carbonyl (C=O) groups is 1. The zero-order valence-electron chi connectivity index (χ0n) is 11.4. The van der Waals surface area contributed by atoms with Crippen molar-refractivity contribution in [1.82, 2.24) is 15.0 Å². The third-order valence-corrected chi connectivity index (χ3v) is 3.30. The van der Waals surface area contributed by atoms with Crippen LogP contribution in [0.25, 0.3) is 11.0 Å². The van der Waals surface area contributed by atoms with Crippen LogP contribution in [0, 0.1) is 0 Å². The molecular weight excluding hydrogens is 268 g/mol. The Morgan fingerprint density at radius 3 is 2.86 bits per heavy atom. The van der Waals surface area contributed by atoms with Gasteiger partial charge >= 0.3 is 5.97 Å². The summed E-state index contributed by atoms with van der Waals surface area (Å²) in [5.41, 5.74) is 2.06. The SMILES string of the molecule is C[C@H](Nc1ccc(C(=O)O)cn1)c1cnc2[nH]ccc2c1. The predicted octanol–water partition coefficient (Wildman–Crippen LogP) is 2.83. The van der Waals surface area contributed by atoms with Gasteiger partial charge in [0.1, 0.15) is 11.5 Å². The van der Waals surface area contributed by atoms with E-state index in [1.54, 1.807) is 6.07 Å². The maximum Gasteiger partial charge on any atom is 0.337 e. The Balaban J connectivity index is 1.78. The minimum Gasteiger partial charge on any atom is -0.478 e. The van der Waals surface area contributed by atoms with Gasteiger partial charge in [-0.05, 0) is 36.8 Å². The number of aromatic nitrogens is 3. The van der Waals surface area contributed by atoms with Crippen molar-refractivity contribution in [3.8, 4) is 0 Å². The zero-order valence-corrected chi connectivity index (χ0v) is 11.4. The number of rotatable bonds is 4. The molecule has 0 aromatic carbocycles. The van der Waals surface area contributed by atoms with E-state index in [1.165, 1.54) is 12.3 Å². The molecule has 21 heavy (non-hydrogen) atoms. The lowest BCUT2D eigenvalue weighted by atomic mass is 10.1. The average Bonchev–Trinajstić information content (AvgIpc) is 2.95. The summed E-state index contributed by atoms with van der Waals surface area (Å²) in [7, 11) is 0. The first-order valence-electron chi connectivity index (χ1n) is 6.52. The molecule has 3 rings (SSSR count). The van der Waals surface area contributed by atoms with E-state index in [1.807, 2.05) is 25.4 Å². The minimum absolute atomic E-state index is 0.0139. The van der Waals surface area contributed by atoms with Gasteiger partial charge in [0.15, 0.2) is 0 Å². The fourth-order valence-electron chi connectivity index (χ4n) is 2.10. The highest BCUT2D eigenvalue weighted by molar-refractivity contribution is 5.87. The standard InChI is InChI=1S/C15H14N4O2/c1-9(12-6-10-4-5-16-14(10)18-8-12)19-13-3-2-11(7-17-13)15(20)21/h2-9H,1H3,(H,16,18)(H,17,19)(H,20,21)/t9-/m0/s1. The molecule has 6 heteroatoms. The molecule has 0 radical (unpaired) electrons. The van der Waals surface area contributed by atoms with Crippen LogP contribution in [-0.2, 0) is 0 Å². The number of carboxylic acid groups (broad SMARTS) is 1. The van der Waals surface area contributed by atoms with E-state index in [9.17, 15) is 4.79 Å². The van der Waals surface area contributed by atoms with E-state index in [0.29, 0.717) is 5.82 Å². The summed E-state index contributed by atoms with van der Waals surface area (Å²) in [6, 6.07) is 7.22. The summed E-state index contributed by atoms with van der Waals surface area (Å²) in [4.78, 5) is 22.3. The minimum atomic E-state index is -0.982. The van der Waals surface area contributed by atoms with Crippen LogP contribution >= 0.6 is 0 Å². The normalized spacial score (nSPS) is 12.2. The molecule has 0 fully saturated rings. The Morgan fingerprint density at radius 1 is 1.29 bits per heavy atom. The molecule has 0 aliphatic carbocycles. The van der Waals surface area contributed by atoms with Crippen molar-refractivity contribution in [2.45, 2.75) is 13.0 Å². The number of aromatic carboxylic acids is 1. The number of anilines is 1. The van der Waals surface area contributed by atoms with E-state index < -0.39 is 5.97 Å². The summed E-state index contributed by atoms with van der Waals surface area (Å²) in [5.74, 6) is -0.356. The van der Waals surface area contributed by atoms with E-state index in [0.717, 1.165) is 16.6 Å². The van der Waals surface area contributed by atoms with Crippen molar-refractivity contribution in [2.24, 2.45) is 0 Å². The van der Waals surface area contributed by atoms with Crippen molar-refractivity contribution in [3.05, 3.63) is 54.0 Å². The molecule has 3 heterocycles. The molecule has 0 aliphatic heterocycles. The molecule has 3 N–H and O–H groups in total. The van der Waals surface area contributed by atoms with E-state index >= 15 is 0 Å². The van der Waals surface area contributed by atoms with Crippen molar-refractivity contribution >= 4 is 22.8 Å². The van der Waals surface area contributed by atoms with Gasteiger partial charge in [0.05, 0.1) is 11.6 Å². The Hall–Kier alpha value is -2.89. The van der Waals surface area contributed by atoms with Crippen LogP contribution in [0.5, 0.6) is 0 Å². The lowest BCUT2D eigenvalue weighted by Crippen LogP contribution is -2.08. The second-order valence-electron chi connectivity index (χ2n) is 4.79. The molecular formula is C15H14N4O2. The number of H-pyrrole nitrogens is 1. The lowest BCUT2D eigenvalue weighted by molar-refractivity contribution is 0.0696. The van der Waals surface area contributed by atoms with Crippen LogP contribution in [0.2, 0.25) is 0 Å². The Bertz CT molecular complexity index is 780. The summed E-state index contributed by atoms with van der Waals surface area (Å²) in [6.07, 6.45) is 5.00. The Labute approximate surface area is 120 Å². The van der Waals surface area contributed by atoms with Gasteiger partial charge in [-0.25, -0.2) is 14.8 Å². The fraction of sp³-hybridized carbons (Fsp3) is 0.133. The number of nitrogens with zero attached hydrogens (tertiary/aromatic N) is 2. The smallest absolute Gasteiger partial charge is 0.337 e. The summed E-state index contributed by atoms with van der Waals surface area (Å²) in [6.45, 7) is 2.00. The second-order valence-corrected chi connectivity index (χ2v) is 4.79. The van der Waals surface area contributed by atoms with Crippen LogP contribution in [-0.4, -0.2) is 26.0 Å². The molecule has 0 aliphatic rings. The molecule has 106 valence electrons. The molecule has 0 bridgehead atoms. The Kier molecular flexibility index (Phi) is 3.27. The highest BCUT2D eigenvalue weighted by Gasteiger charge is 2.09. The number of hydrogen-bond acceptors (Lipinski definition) is 4. The topological polar surface area (TPSA) is 90.9 Å². The van der Waals surface area contributed by atoms with Gasteiger partial charge in [-0.1, -0.05) is 0 Å². The molecule has 0 amide bonds. The van der Waals surface area contributed by atoms with E-state index in [-0.39, 0.29) is 11.6 Å². The van der Waals surface area contributed by atoms with Crippen molar-refractivity contribution in [3.63, 3.8) is 0 Å². The second kappa shape index (κ2) is 5.24. The van der Waals surface area contributed by atoms with Crippen molar-refractivity contribution in [1.29, 1.82) is 0 Å². The van der Waals surface area contributed by atoms with Gasteiger partial charge in [0.2, 0.25) is 0 Å². The molecule has 0 saturated carbocycles. The first-order valence-corrected chi connectivity index (χ1v) is 6.52. The number of nitrogens with one attached hydrogen (secondary N) is 2. The number of fused-ring (bicyclic) bond motifs is 1. The molecule has 0 spiro atoms. The van der Waals surface area contributed by atoms with Crippen LogP contribution in [0.1, 0.15) is 28.9 Å². The quantitative estimate of drug-likeness (QED) is 0.684. The third-order valence-electron chi connectivity index (χ3n) is 3.30. The van der Waals surface area contributed by atoms with E-state index in [4.69, 9.17) is 5.11 Å². The van der Waals surface area contributed by atoms with Gasteiger partial charge in [0, 0.05) is 24.0 Å². The number of pyridine rings is 2. The number of aromatic amines is 1. The summed E-state index contributed by atoms with van der Waals surface area (Å²) in [5, 5.41) is 13.1. The maximum absolute atomic E-state index is 10.8. The van der Waals surface area contributed by atoms with Crippen LogP contribution < -0.4 is 5.32 Å². The average molecular weight is 282 g/mol. The van der Waals surface area contributed by atoms with Gasteiger partial charge in [0.25, 0.3) is 0 Å². The van der Waals surface area contributed by atoms with Gasteiger partial charge < -0.3 is 15.4 Å². The first kappa shape index (κ1) is 13.1. The van der Waals surface area contributed by atoms with Gasteiger partial charge in [-0.3, -0.25) is 0 Å². The maximum atomic E-state index is 10.8. The first-order chi connectivity index (χ1) is 10.1. The largest absolute Gasteiger partial charge is 0.478 e. The third kappa shape index (κ3) is 2.69. The van der Waals surface area contributed by atoms with Crippen LogP contribution in [0.3, 0.4) is 0 Å². The van der Waals surface area contributed by atoms with Crippen molar-refractivity contribution in [2.75, 3.05) is 5.32 Å². The fourth-order valence-corrected chi connectivity index (χ4v) is 2.10. The predicted molar refractivity (Wildman–Crippen MR) is 79.3 cm³/mol. The van der Waals surface area contributed by atoms with Crippen molar-refractivity contribution < 1.29 is 9.90 Å². The monoisotopic (exact) mass is 282 g/mol. The van der Waals surface area contributed by atoms with E-state index in [2.05, 4.69) is 26.3 Å². The molecule has 6 nitrogen and oxygen atoms in total. The highest BCUT2D eigenvalue weighted by atomic mass is 16.4. The summed E-state index contributed by atoms with van der Waals surface area (Å²) >= 11 is 0. The number of hydrogen-bond donors (Lipinski definition) is 3. The van der Waals surface area contributed by atoms with Crippen LogP contribution in [0.4, 0.5) is 5.82 Å². The molecule has 3 aromatic heterocycles. The van der Waals surface area contributed by atoms with Gasteiger partial charge in [-0.15, -0.1) is 0 Å². The summed E-state index contributed by atoms with van der Waals surface area (Å²) < 4.78 is 0. The lowest BCUT2D eigenvalue weighted by Gasteiger charge is -2.14. The highest BCUT2D eigenvalue weighted by Crippen LogP contribution is 2.20. The van der Waals surface area contributed by atoms with Crippen LogP contribution in [0.15, 0.2) is 42.9 Å².